The fraction of sp³-hybridized carbons (Fsp3) is 0.412. The fourth-order valence-electron chi connectivity index (χ4n) is 2.84. The first-order valence-corrected chi connectivity index (χ1v) is 9.09. The molecule has 0 spiro atoms. The van der Waals surface area contributed by atoms with E-state index in [1.165, 1.54) is 16.9 Å². The lowest BCUT2D eigenvalue weighted by molar-refractivity contribution is -0.136. The minimum Gasteiger partial charge on any atom is -0.481 e. The van der Waals surface area contributed by atoms with Crippen LogP contribution in [0, 0.1) is 0 Å². The van der Waals surface area contributed by atoms with Gasteiger partial charge in [0.2, 0.25) is 5.01 Å². The van der Waals surface area contributed by atoms with Crippen molar-refractivity contribution in [1.29, 1.82) is 0 Å². The number of carboxylic acid groups (broad SMARTS) is 1. The van der Waals surface area contributed by atoms with Crippen molar-refractivity contribution < 1.29 is 14.7 Å². The number of benzene rings is 1. The summed E-state index contributed by atoms with van der Waals surface area (Å²) in [5, 5.41) is 23.4. The summed E-state index contributed by atoms with van der Waals surface area (Å²) in [6.45, 7) is 2.19. The van der Waals surface area contributed by atoms with Gasteiger partial charge < -0.3 is 15.7 Å². The number of aliphatic carboxylic acids is 1. The Labute approximate surface area is 161 Å². The van der Waals surface area contributed by atoms with E-state index >= 15 is 0 Å². The highest BCUT2D eigenvalue weighted by atomic mass is 35.5. The van der Waals surface area contributed by atoms with Crippen LogP contribution in [0.4, 0.5) is 0 Å². The number of nitrogens with one attached hydrogen (secondary N) is 2. The molecule has 3 rings (SSSR count). The number of nitrogens with zero attached hydrogens (tertiary/aromatic N) is 2. The smallest absolute Gasteiger partial charge is 0.305 e. The third-order valence-corrected chi connectivity index (χ3v) is 5.18. The van der Waals surface area contributed by atoms with Gasteiger partial charge in [-0.1, -0.05) is 35.6 Å². The topological polar surface area (TPSA) is 104 Å². The predicted molar refractivity (Wildman–Crippen MR) is 102 cm³/mol. The summed E-state index contributed by atoms with van der Waals surface area (Å²) in [5.74, 6) is -0.747. The normalized spacial score (nSPS) is 14.5. The van der Waals surface area contributed by atoms with Crippen molar-refractivity contribution in [2.24, 2.45) is 0 Å². The largest absolute Gasteiger partial charge is 0.481 e. The van der Waals surface area contributed by atoms with E-state index in [1.807, 2.05) is 12.1 Å². The van der Waals surface area contributed by atoms with Crippen LogP contribution in [-0.2, 0) is 4.79 Å². The van der Waals surface area contributed by atoms with Gasteiger partial charge in [-0.05, 0) is 37.4 Å². The minimum absolute atomic E-state index is 0. The summed E-state index contributed by atoms with van der Waals surface area (Å²) < 4.78 is 0. The minimum atomic E-state index is -0.952. The van der Waals surface area contributed by atoms with Crippen molar-refractivity contribution in [3.8, 4) is 10.6 Å². The molecule has 9 heteroatoms. The molecule has 1 amide bonds. The maximum Gasteiger partial charge on any atom is 0.305 e. The van der Waals surface area contributed by atoms with Crippen molar-refractivity contribution in [2.45, 2.75) is 25.2 Å². The van der Waals surface area contributed by atoms with Gasteiger partial charge in [0.05, 0.1) is 6.42 Å². The monoisotopic (exact) mass is 396 g/mol. The highest BCUT2D eigenvalue weighted by molar-refractivity contribution is 7.16. The van der Waals surface area contributed by atoms with Crippen molar-refractivity contribution >= 4 is 35.6 Å². The molecule has 0 aliphatic carbocycles. The van der Waals surface area contributed by atoms with Gasteiger partial charge in [-0.2, -0.15) is 0 Å². The van der Waals surface area contributed by atoms with Gasteiger partial charge >= 0.3 is 5.97 Å². The lowest BCUT2D eigenvalue weighted by Crippen LogP contribution is -2.26. The first kappa shape index (κ1) is 20.3. The van der Waals surface area contributed by atoms with Crippen LogP contribution in [0.15, 0.2) is 24.3 Å². The van der Waals surface area contributed by atoms with E-state index in [0.717, 1.165) is 31.5 Å². The summed E-state index contributed by atoms with van der Waals surface area (Å²) in [4.78, 5) is 22.4. The predicted octanol–water partition coefficient (Wildman–Crippen LogP) is 2.30. The number of hydrogen-bond donors (Lipinski definition) is 3. The Morgan fingerprint density at radius 1 is 1.19 bits per heavy atom. The molecule has 1 aliphatic heterocycles. The second-order valence-electron chi connectivity index (χ2n) is 5.96. The van der Waals surface area contributed by atoms with Crippen molar-refractivity contribution in [3.63, 3.8) is 0 Å². The van der Waals surface area contributed by atoms with E-state index in [-0.39, 0.29) is 30.4 Å². The molecule has 0 atom stereocenters. The fourth-order valence-corrected chi connectivity index (χ4v) is 3.61. The summed E-state index contributed by atoms with van der Waals surface area (Å²) in [7, 11) is 0. The third-order valence-electron chi connectivity index (χ3n) is 4.21. The second-order valence-corrected chi connectivity index (χ2v) is 6.94. The van der Waals surface area contributed by atoms with Crippen LogP contribution >= 0.6 is 23.7 Å². The van der Waals surface area contributed by atoms with E-state index in [0.29, 0.717) is 10.9 Å². The van der Waals surface area contributed by atoms with Gasteiger partial charge in [0.15, 0.2) is 0 Å². The Kier molecular flexibility index (Phi) is 7.50. The number of rotatable bonds is 6. The molecule has 26 heavy (non-hydrogen) atoms. The molecular formula is C17H21ClN4O3S. The Hall–Kier alpha value is -2.03. The van der Waals surface area contributed by atoms with E-state index in [9.17, 15) is 9.59 Å². The standard InChI is InChI=1S/C17H20N4O3S.ClH/c22-14(23)7-10-19-15(24)17-21-20-16(25-17)13-3-1-11(2-4-13)12-5-8-18-9-6-12;/h1-4,12,18H,5-10H2,(H,19,24)(H,22,23);1H. The first-order chi connectivity index (χ1) is 12.1. The molecule has 1 aliphatic rings. The van der Waals surface area contributed by atoms with Gasteiger partial charge in [-0.25, -0.2) is 0 Å². The maximum absolute atomic E-state index is 11.9. The zero-order chi connectivity index (χ0) is 17.6. The molecule has 140 valence electrons. The second kappa shape index (κ2) is 9.61. The van der Waals surface area contributed by atoms with E-state index < -0.39 is 11.9 Å². The van der Waals surface area contributed by atoms with Crippen LogP contribution in [0.3, 0.4) is 0 Å². The van der Waals surface area contributed by atoms with Crippen LogP contribution in [0.5, 0.6) is 0 Å². The molecular weight excluding hydrogens is 376 g/mol. The Morgan fingerprint density at radius 2 is 1.88 bits per heavy atom. The molecule has 1 aromatic heterocycles. The number of halogens is 1. The zero-order valence-corrected chi connectivity index (χ0v) is 15.7. The average Bonchev–Trinajstić information content (AvgIpc) is 3.12. The Balaban J connectivity index is 0.00000243. The van der Waals surface area contributed by atoms with E-state index in [1.54, 1.807) is 0 Å². The average molecular weight is 397 g/mol. The van der Waals surface area contributed by atoms with Crippen LogP contribution in [0.25, 0.3) is 10.6 Å². The molecule has 2 heterocycles. The van der Waals surface area contributed by atoms with Crippen LogP contribution in [-0.4, -0.2) is 46.8 Å². The summed E-state index contributed by atoms with van der Waals surface area (Å²) in [5.41, 5.74) is 2.26. The van der Waals surface area contributed by atoms with Crippen molar-refractivity contribution in [1.82, 2.24) is 20.8 Å². The molecule has 1 fully saturated rings. The number of hydrogen-bond acceptors (Lipinski definition) is 6. The molecule has 7 nitrogen and oxygen atoms in total. The van der Waals surface area contributed by atoms with Crippen LogP contribution in [0.2, 0.25) is 0 Å². The maximum atomic E-state index is 11.9. The zero-order valence-electron chi connectivity index (χ0n) is 14.1. The number of carboxylic acids is 1. The molecule has 0 bridgehead atoms. The molecule has 0 radical (unpaired) electrons. The van der Waals surface area contributed by atoms with Gasteiger partial charge in [-0.3, -0.25) is 9.59 Å². The number of amides is 1. The number of piperidine rings is 1. The van der Waals surface area contributed by atoms with Crippen molar-refractivity contribution in [2.75, 3.05) is 19.6 Å². The van der Waals surface area contributed by atoms with Gasteiger partial charge in [0.1, 0.15) is 5.01 Å². The molecule has 1 aromatic carbocycles. The highest BCUT2D eigenvalue weighted by Crippen LogP contribution is 2.29. The van der Waals surface area contributed by atoms with Crippen molar-refractivity contribution in [3.05, 3.63) is 34.8 Å². The SMILES string of the molecule is Cl.O=C(O)CCNC(=O)c1nnc(-c2ccc(C3CCNCC3)cc2)s1. The molecule has 0 saturated carbocycles. The molecule has 2 aromatic rings. The third kappa shape index (κ3) is 5.23. The Bertz CT molecular complexity index is 745. The number of aromatic nitrogens is 2. The van der Waals surface area contributed by atoms with Gasteiger partial charge in [-0.15, -0.1) is 22.6 Å². The lowest BCUT2D eigenvalue weighted by atomic mass is 9.90. The van der Waals surface area contributed by atoms with Gasteiger partial charge in [0, 0.05) is 12.1 Å². The number of carbonyl (C=O) groups is 2. The number of carbonyl (C=O) groups excluding carboxylic acids is 1. The summed E-state index contributed by atoms with van der Waals surface area (Å²) in [6, 6.07) is 8.28. The summed E-state index contributed by atoms with van der Waals surface area (Å²) in [6.07, 6.45) is 2.19. The first-order valence-electron chi connectivity index (χ1n) is 8.28. The highest BCUT2D eigenvalue weighted by Gasteiger charge is 2.17. The van der Waals surface area contributed by atoms with Crippen LogP contribution < -0.4 is 10.6 Å². The van der Waals surface area contributed by atoms with E-state index in [2.05, 4.69) is 33.0 Å². The summed E-state index contributed by atoms with van der Waals surface area (Å²) >= 11 is 1.20. The molecule has 3 N–H and O–H groups in total. The van der Waals surface area contributed by atoms with E-state index in [4.69, 9.17) is 5.11 Å². The molecule has 0 unspecified atom stereocenters. The Morgan fingerprint density at radius 3 is 2.54 bits per heavy atom. The lowest BCUT2D eigenvalue weighted by Gasteiger charge is -2.22. The van der Waals surface area contributed by atoms with Crippen LogP contribution in [0.1, 0.15) is 40.5 Å². The molecule has 1 saturated heterocycles. The van der Waals surface area contributed by atoms with Gasteiger partial charge in [0.25, 0.3) is 5.91 Å². The quantitative estimate of drug-likeness (QED) is 0.692.